The molecule has 2 heterocycles. The topological polar surface area (TPSA) is 110 Å². The molecule has 1 aliphatic rings. The summed E-state index contributed by atoms with van der Waals surface area (Å²) in [6.07, 6.45) is -5.43. The second-order valence-corrected chi connectivity index (χ2v) is 7.73. The summed E-state index contributed by atoms with van der Waals surface area (Å²) in [4.78, 5) is 0.607. The van der Waals surface area contributed by atoms with Gasteiger partial charge < -0.3 is 30.3 Å². The first-order chi connectivity index (χ1) is 11.9. The van der Waals surface area contributed by atoms with Gasteiger partial charge in [-0.2, -0.15) is 0 Å². The van der Waals surface area contributed by atoms with Gasteiger partial charge in [-0.25, -0.2) is 0 Å². The minimum absolute atomic E-state index is 0.183. The van der Waals surface area contributed by atoms with Crippen molar-refractivity contribution in [2.45, 2.75) is 36.9 Å². The lowest BCUT2D eigenvalue weighted by atomic mass is 9.94. The largest absolute Gasteiger partial charge is 0.508 e. The molecule has 2 aromatic rings. The molecule has 1 fully saturated rings. The molecule has 1 aromatic heterocycles. The molecule has 1 aliphatic heterocycles. The second-order valence-electron chi connectivity index (χ2n) is 6.04. The van der Waals surface area contributed by atoms with Crippen molar-refractivity contribution >= 4 is 22.9 Å². The number of hydrogen-bond donors (Lipinski definition) is 5. The van der Waals surface area contributed by atoms with E-state index in [1.165, 1.54) is 11.3 Å². The van der Waals surface area contributed by atoms with E-state index in [0.717, 1.165) is 11.1 Å². The molecule has 0 bridgehead atoms. The summed E-state index contributed by atoms with van der Waals surface area (Å²) in [7, 11) is 0. The minimum atomic E-state index is -1.42. The fraction of sp³-hybridized carbons (Fsp3) is 0.412. The average molecular weight is 387 g/mol. The number of benzene rings is 1. The van der Waals surface area contributed by atoms with Gasteiger partial charge in [0, 0.05) is 4.88 Å². The van der Waals surface area contributed by atoms with Gasteiger partial charge in [0.2, 0.25) is 0 Å². The first-order valence-electron chi connectivity index (χ1n) is 7.77. The zero-order valence-corrected chi connectivity index (χ0v) is 14.7. The molecule has 3 rings (SSSR count). The number of aliphatic hydroxyl groups is 4. The first-order valence-corrected chi connectivity index (χ1v) is 8.96. The number of halogens is 1. The zero-order valence-electron chi connectivity index (χ0n) is 13.1. The van der Waals surface area contributed by atoms with Crippen LogP contribution in [0.2, 0.25) is 4.34 Å². The molecule has 5 N–H and O–H groups in total. The standard InChI is InChI=1S/C17H19ClO6S/c18-17-9(5-8-1-3-10(20)4-2-8)6-12(25-17)16-15(23)14(22)13(21)11(7-19)24-16/h1-4,6,11,13-16,19-23H,5,7H2. The molecular formula is C17H19ClO6S. The van der Waals surface area contributed by atoms with Crippen molar-refractivity contribution in [2.75, 3.05) is 6.61 Å². The van der Waals surface area contributed by atoms with E-state index in [1.54, 1.807) is 30.3 Å². The molecular weight excluding hydrogens is 368 g/mol. The van der Waals surface area contributed by atoms with Gasteiger partial charge in [0.15, 0.2) is 0 Å². The van der Waals surface area contributed by atoms with Crippen molar-refractivity contribution in [3.63, 3.8) is 0 Å². The fourth-order valence-electron chi connectivity index (χ4n) is 2.86. The number of ether oxygens (including phenoxy) is 1. The summed E-state index contributed by atoms with van der Waals surface area (Å²) in [5.74, 6) is 0.183. The van der Waals surface area contributed by atoms with Gasteiger partial charge >= 0.3 is 0 Å². The van der Waals surface area contributed by atoms with E-state index in [1.807, 2.05) is 0 Å². The maximum Gasteiger partial charge on any atom is 0.121 e. The molecule has 0 spiro atoms. The van der Waals surface area contributed by atoms with Crippen LogP contribution in [0.1, 0.15) is 22.1 Å². The summed E-state index contributed by atoms with van der Waals surface area (Å²) in [6.45, 7) is -0.471. The Morgan fingerprint density at radius 2 is 1.72 bits per heavy atom. The van der Waals surface area contributed by atoms with Gasteiger partial charge in [-0.05, 0) is 35.7 Å². The van der Waals surface area contributed by atoms with Gasteiger partial charge in [-0.1, -0.05) is 23.7 Å². The Morgan fingerprint density at radius 1 is 1.04 bits per heavy atom. The molecule has 8 heteroatoms. The van der Waals surface area contributed by atoms with Crippen molar-refractivity contribution in [2.24, 2.45) is 0 Å². The summed E-state index contributed by atoms with van der Waals surface area (Å²) in [5, 5.41) is 48.6. The van der Waals surface area contributed by atoms with Crippen LogP contribution in [0, 0.1) is 0 Å². The number of aromatic hydroxyl groups is 1. The lowest BCUT2D eigenvalue weighted by molar-refractivity contribution is -0.230. The Morgan fingerprint density at radius 3 is 2.36 bits per heavy atom. The highest BCUT2D eigenvalue weighted by molar-refractivity contribution is 7.16. The SMILES string of the molecule is OCC1OC(c2cc(Cc3ccc(O)cc3)c(Cl)s2)C(O)C(O)C1O. The Labute approximate surface area is 153 Å². The Hall–Kier alpha value is -1.19. The van der Waals surface area contributed by atoms with E-state index >= 15 is 0 Å². The van der Waals surface area contributed by atoms with Gasteiger partial charge in [0.1, 0.15) is 36.3 Å². The van der Waals surface area contributed by atoms with E-state index in [0.29, 0.717) is 15.6 Å². The molecule has 1 saturated heterocycles. The predicted octanol–water partition coefficient (Wildman–Crippen LogP) is 1.21. The van der Waals surface area contributed by atoms with Crippen molar-refractivity contribution in [1.29, 1.82) is 0 Å². The summed E-state index contributed by atoms with van der Waals surface area (Å²) in [5.41, 5.74) is 1.78. The molecule has 25 heavy (non-hydrogen) atoms. The van der Waals surface area contributed by atoms with Crippen molar-refractivity contribution in [3.05, 3.63) is 50.7 Å². The van der Waals surface area contributed by atoms with Crippen LogP contribution in [0.25, 0.3) is 0 Å². The van der Waals surface area contributed by atoms with Crippen LogP contribution >= 0.6 is 22.9 Å². The normalized spacial score (nSPS) is 29.7. The smallest absolute Gasteiger partial charge is 0.121 e. The molecule has 136 valence electrons. The molecule has 0 aliphatic carbocycles. The third kappa shape index (κ3) is 3.83. The molecule has 0 amide bonds. The summed E-state index contributed by atoms with van der Waals surface area (Å²) < 4.78 is 6.09. The Kier molecular flexibility index (Phi) is 5.65. The van der Waals surface area contributed by atoms with Crippen LogP contribution < -0.4 is 0 Å². The van der Waals surface area contributed by atoms with E-state index in [9.17, 15) is 25.5 Å². The second kappa shape index (κ2) is 7.59. The van der Waals surface area contributed by atoms with E-state index in [2.05, 4.69) is 0 Å². The number of thiophene rings is 1. The lowest BCUT2D eigenvalue weighted by Gasteiger charge is -2.39. The maximum absolute atomic E-state index is 10.2. The fourth-order valence-corrected chi connectivity index (χ4v) is 4.23. The van der Waals surface area contributed by atoms with Crippen molar-refractivity contribution in [3.8, 4) is 5.75 Å². The Balaban J connectivity index is 1.82. The monoisotopic (exact) mass is 386 g/mol. The zero-order chi connectivity index (χ0) is 18.1. The average Bonchev–Trinajstić information content (AvgIpc) is 2.95. The van der Waals surface area contributed by atoms with Crippen LogP contribution in [0.4, 0.5) is 0 Å². The molecule has 1 aromatic carbocycles. The number of phenols is 1. The molecule has 6 nitrogen and oxygen atoms in total. The molecule has 0 saturated carbocycles. The summed E-state index contributed by atoms with van der Waals surface area (Å²) >= 11 is 7.52. The lowest BCUT2D eigenvalue weighted by Crippen LogP contribution is -2.55. The van der Waals surface area contributed by atoms with Crippen molar-refractivity contribution < 1.29 is 30.3 Å². The summed E-state index contributed by atoms with van der Waals surface area (Å²) in [6, 6.07) is 8.54. The molecule has 0 radical (unpaired) electrons. The molecule has 5 atom stereocenters. The van der Waals surface area contributed by atoms with Gasteiger partial charge in [0.25, 0.3) is 0 Å². The van der Waals surface area contributed by atoms with Crippen LogP contribution in [0.5, 0.6) is 5.75 Å². The predicted molar refractivity (Wildman–Crippen MR) is 93.0 cm³/mol. The quantitative estimate of drug-likeness (QED) is 0.540. The Bertz CT molecular complexity index is 716. The van der Waals surface area contributed by atoms with Gasteiger partial charge in [-0.3, -0.25) is 0 Å². The minimum Gasteiger partial charge on any atom is -0.508 e. The van der Waals surface area contributed by atoms with E-state index < -0.39 is 37.1 Å². The van der Waals surface area contributed by atoms with Crippen LogP contribution in [-0.4, -0.2) is 56.6 Å². The highest BCUT2D eigenvalue weighted by Crippen LogP contribution is 2.39. The van der Waals surface area contributed by atoms with Crippen molar-refractivity contribution in [1.82, 2.24) is 0 Å². The highest BCUT2D eigenvalue weighted by Gasteiger charge is 2.44. The van der Waals surface area contributed by atoms with E-state index in [-0.39, 0.29) is 5.75 Å². The van der Waals surface area contributed by atoms with Crippen LogP contribution in [0.15, 0.2) is 30.3 Å². The third-order valence-corrected chi connectivity index (χ3v) is 5.78. The maximum atomic E-state index is 10.2. The van der Waals surface area contributed by atoms with Gasteiger partial charge in [0.05, 0.1) is 10.9 Å². The van der Waals surface area contributed by atoms with Gasteiger partial charge in [-0.15, -0.1) is 11.3 Å². The number of aliphatic hydroxyl groups excluding tert-OH is 4. The first kappa shape index (κ1) is 18.6. The van der Waals surface area contributed by atoms with Crippen LogP contribution in [-0.2, 0) is 11.2 Å². The number of phenolic OH excluding ortho intramolecular Hbond substituents is 1. The highest BCUT2D eigenvalue weighted by atomic mass is 35.5. The van der Waals surface area contributed by atoms with Crippen LogP contribution in [0.3, 0.4) is 0 Å². The number of rotatable bonds is 4. The number of hydrogen-bond acceptors (Lipinski definition) is 7. The molecule has 5 unspecified atom stereocenters. The van der Waals surface area contributed by atoms with E-state index in [4.69, 9.17) is 16.3 Å². The third-order valence-electron chi connectivity index (χ3n) is 4.28.